The van der Waals surface area contributed by atoms with Gasteiger partial charge < -0.3 is 23.7 Å². The van der Waals surface area contributed by atoms with E-state index in [0.29, 0.717) is 12.2 Å². The van der Waals surface area contributed by atoms with Gasteiger partial charge in [-0.15, -0.1) is 0 Å². The lowest BCUT2D eigenvalue weighted by molar-refractivity contribution is -0.0794. The fourth-order valence-electron chi connectivity index (χ4n) is 5.61. The van der Waals surface area contributed by atoms with Crippen molar-refractivity contribution in [2.45, 2.75) is 51.2 Å². The van der Waals surface area contributed by atoms with Gasteiger partial charge in [0.15, 0.2) is 6.23 Å². The minimum absolute atomic E-state index is 0.177. The van der Waals surface area contributed by atoms with Crippen molar-refractivity contribution >= 4 is 18.7 Å². The highest BCUT2D eigenvalue weighted by Crippen LogP contribution is 2.40. The maximum Gasteiger partial charge on any atom is 0.330 e. The van der Waals surface area contributed by atoms with Gasteiger partial charge in [-0.1, -0.05) is 81.4 Å². The number of aromatic nitrogens is 2. The second kappa shape index (κ2) is 12.8. The number of aliphatic hydroxyl groups excluding tert-OH is 1. The number of aromatic amines is 1. The lowest BCUT2D eigenvalue weighted by atomic mass is 9.99. The second-order valence-electron chi connectivity index (χ2n) is 11.2. The molecule has 0 radical (unpaired) electrons. The van der Waals surface area contributed by atoms with Crippen molar-refractivity contribution in [3.8, 4) is 0 Å². The van der Waals surface area contributed by atoms with E-state index >= 15 is 0 Å². The first-order valence-corrected chi connectivity index (χ1v) is 15.5. The lowest BCUT2D eigenvalue weighted by Gasteiger charge is -2.43. The minimum Gasteiger partial charge on any atom is -0.405 e. The molecule has 0 spiro atoms. The first-order chi connectivity index (χ1) is 19.1. The Morgan fingerprint density at radius 3 is 2.12 bits per heavy atom. The van der Waals surface area contributed by atoms with E-state index in [1.165, 1.54) is 10.8 Å². The highest BCUT2D eigenvalue weighted by atomic mass is 28.4. The number of nitrogens with zero attached hydrogens (tertiary/aromatic N) is 1. The highest BCUT2D eigenvalue weighted by Gasteiger charge is 2.53. The average molecular weight is 569 g/mol. The van der Waals surface area contributed by atoms with Crippen LogP contribution in [0.15, 0.2) is 76.4 Å². The number of H-pyrrole nitrogens is 1. The summed E-state index contributed by atoms with van der Waals surface area (Å²) < 4.78 is 26.2. The van der Waals surface area contributed by atoms with Gasteiger partial charge in [-0.05, 0) is 22.3 Å². The van der Waals surface area contributed by atoms with Crippen LogP contribution >= 0.6 is 0 Å². The number of aryl methyl sites for hydroxylation is 1. The van der Waals surface area contributed by atoms with E-state index < -0.39 is 43.9 Å². The predicted octanol–water partition coefficient (Wildman–Crippen LogP) is 1.96. The molecule has 2 heterocycles. The van der Waals surface area contributed by atoms with Crippen LogP contribution in [0.1, 0.15) is 32.6 Å². The Morgan fingerprint density at radius 1 is 1.00 bits per heavy atom. The van der Waals surface area contributed by atoms with Crippen LogP contribution in [0.3, 0.4) is 0 Å². The third-order valence-electron chi connectivity index (χ3n) is 7.60. The molecule has 9 nitrogen and oxygen atoms in total. The van der Waals surface area contributed by atoms with E-state index in [2.05, 4.69) is 50.0 Å². The Bertz CT molecular complexity index is 1310. The van der Waals surface area contributed by atoms with Gasteiger partial charge in [0.1, 0.15) is 6.10 Å². The molecule has 4 rings (SSSR count). The molecule has 2 N–H and O–H groups in total. The summed E-state index contributed by atoms with van der Waals surface area (Å²) >= 11 is 0. The SMILES string of the molecule is COCCO[C@H]1C(n2cc(C)c(=O)[nH]c2=O)OC(CO[Si](c2ccccc2)(c2ccccc2)C(C)(C)C)[C@H]1CO. The number of hydrogen-bond acceptors (Lipinski definition) is 7. The van der Waals surface area contributed by atoms with Crippen LogP contribution in [0.2, 0.25) is 5.04 Å². The maximum atomic E-state index is 12.8. The number of ether oxygens (including phenoxy) is 3. The first kappa shape index (κ1) is 30.1. The van der Waals surface area contributed by atoms with Crippen molar-refractivity contribution in [2.75, 3.05) is 33.5 Å². The standard InChI is InChI=1S/C30H40N2O7Si/c1-21-18-32(29(35)31-27(21)34)28-26(37-17-16-36-5)24(19-33)25(39-28)20-38-40(30(2,3)4,22-12-8-6-9-13-22)23-14-10-7-11-15-23/h6-15,18,24-26,28,33H,16-17,19-20H2,1-5H3,(H,31,34,35)/t24-,25?,26-,28?/m1/s1. The molecule has 1 aromatic heterocycles. The van der Waals surface area contributed by atoms with Gasteiger partial charge in [0.2, 0.25) is 0 Å². The molecule has 0 saturated carbocycles. The largest absolute Gasteiger partial charge is 0.405 e. The molecule has 1 saturated heterocycles. The van der Waals surface area contributed by atoms with Crippen molar-refractivity contribution in [3.63, 3.8) is 0 Å². The van der Waals surface area contributed by atoms with Gasteiger partial charge in [0.05, 0.1) is 32.5 Å². The fourth-order valence-corrected chi connectivity index (χ4v) is 10.2. The van der Waals surface area contributed by atoms with Gasteiger partial charge in [-0.3, -0.25) is 14.3 Å². The molecule has 40 heavy (non-hydrogen) atoms. The summed E-state index contributed by atoms with van der Waals surface area (Å²) in [5.41, 5.74) is -0.695. The molecule has 1 fully saturated rings. The third kappa shape index (κ3) is 5.92. The molecule has 1 aliphatic rings. The molecule has 0 bridgehead atoms. The molecule has 3 aromatic rings. The van der Waals surface area contributed by atoms with Crippen LogP contribution < -0.4 is 21.6 Å². The normalized spacial score (nSPS) is 21.6. The van der Waals surface area contributed by atoms with Crippen LogP contribution in [0.25, 0.3) is 0 Å². The molecule has 216 valence electrons. The molecular formula is C30H40N2O7Si. The van der Waals surface area contributed by atoms with Gasteiger partial charge in [-0.2, -0.15) is 0 Å². The van der Waals surface area contributed by atoms with Crippen molar-refractivity contribution < 1.29 is 23.7 Å². The number of rotatable bonds is 11. The van der Waals surface area contributed by atoms with Crippen molar-refractivity contribution in [1.82, 2.24) is 9.55 Å². The molecule has 4 atom stereocenters. The zero-order valence-electron chi connectivity index (χ0n) is 23.8. The van der Waals surface area contributed by atoms with E-state index in [4.69, 9.17) is 18.6 Å². The van der Waals surface area contributed by atoms with Gasteiger partial charge >= 0.3 is 5.69 Å². The highest BCUT2D eigenvalue weighted by molar-refractivity contribution is 6.99. The van der Waals surface area contributed by atoms with Crippen molar-refractivity contribution in [1.29, 1.82) is 0 Å². The zero-order chi connectivity index (χ0) is 28.9. The number of hydrogen-bond donors (Lipinski definition) is 2. The third-order valence-corrected chi connectivity index (χ3v) is 12.6. The zero-order valence-corrected chi connectivity index (χ0v) is 24.8. The lowest BCUT2D eigenvalue weighted by Crippen LogP contribution is -2.67. The van der Waals surface area contributed by atoms with Crippen LogP contribution in [-0.2, 0) is 18.6 Å². The number of nitrogens with one attached hydrogen (secondary N) is 1. The predicted molar refractivity (Wildman–Crippen MR) is 156 cm³/mol. The Labute approximate surface area is 235 Å². The smallest absolute Gasteiger partial charge is 0.330 e. The molecule has 2 aromatic carbocycles. The fraction of sp³-hybridized carbons (Fsp3) is 0.467. The first-order valence-electron chi connectivity index (χ1n) is 13.6. The molecule has 10 heteroatoms. The molecule has 0 aliphatic carbocycles. The summed E-state index contributed by atoms with van der Waals surface area (Å²) in [4.78, 5) is 27.2. The Balaban J connectivity index is 1.74. The summed E-state index contributed by atoms with van der Waals surface area (Å²) in [6.45, 7) is 8.73. The van der Waals surface area contributed by atoms with Crippen molar-refractivity contribution in [2.24, 2.45) is 5.92 Å². The average Bonchev–Trinajstić information content (AvgIpc) is 3.28. The summed E-state index contributed by atoms with van der Waals surface area (Å²) in [5, 5.41) is 12.6. The molecule has 0 amide bonds. The quantitative estimate of drug-likeness (QED) is 0.269. The van der Waals surface area contributed by atoms with Crippen LogP contribution in [0.5, 0.6) is 0 Å². The van der Waals surface area contributed by atoms with E-state index in [1.807, 2.05) is 36.4 Å². The summed E-state index contributed by atoms with van der Waals surface area (Å²) in [6.07, 6.45) is -0.651. The number of benzene rings is 2. The molecule has 2 unspecified atom stereocenters. The van der Waals surface area contributed by atoms with Crippen LogP contribution in [-0.4, -0.2) is 68.7 Å². The summed E-state index contributed by atoms with van der Waals surface area (Å²) in [6, 6.07) is 20.6. The Morgan fingerprint density at radius 2 is 1.60 bits per heavy atom. The summed E-state index contributed by atoms with van der Waals surface area (Å²) in [7, 11) is -1.30. The van der Waals surface area contributed by atoms with Gasteiger partial charge in [0.25, 0.3) is 13.9 Å². The Kier molecular flexibility index (Phi) is 9.60. The van der Waals surface area contributed by atoms with Crippen LogP contribution in [0.4, 0.5) is 0 Å². The Hall–Kier alpha value is -2.86. The van der Waals surface area contributed by atoms with Crippen molar-refractivity contribution in [3.05, 3.63) is 93.3 Å². The van der Waals surface area contributed by atoms with Crippen LogP contribution in [0, 0.1) is 12.8 Å². The minimum atomic E-state index is -2.88. The molecule has 1 aliphatic heterocycles. The van der Waals surface area contributed by atoms with Gasteiger partial charge in [0, 0.05) is 24.8 Å². The van der Waals surface area contributed by atoms with E-state index in [-0.39, 0.29) is 24.9 Å². The maximum absolute atomic E-state index is 12.8. The topological polar surface area (TPSA) is 112 Å². The second-order valence-corrected chi connectivity index (χ2v) is 15.5. The van der Waals surface area contributed by atoms with E-state index in [0.717, 1.165) is 10.4 Å². The van der Waals surface area contributed by atoms with Gasteiger partial charge in [-0.25, -0.2) is 4.79 Å². The summed E-state index contributed by atoms with van der Waals surface area (Å²) in [5.74, 6) is -0.487. The number of methoxy groups -OCH3 is 1. The number of aliphatic hydroxyl groups is 1. The monoisotopic (exact) mass is 568 g/mol. The molecular weight excluding hydrogens is 528 g/mol. The van der Waals surface area contributed by atoms with E-state index in [9.17, 15) is 14.7 Å². The van der Waals surface area contributed by atoms with E-state index in [1.54, 1.807) is 14.0 Å².